The maximum Gasteiger partial charge on any atom is 0.322 e. The van der Waals surface area contributed by atoms with Gasteiger partial charge in [0.15, 0.2) is 0 Å². The van der Waals surface area contributed by atoms with Crippen LogP contribution < -0.4 is 15.0 Å². The molecule has 4 aliphatic rings. The van der Waals surface area contributed by atoms with Crippen molar-refractivity contribution in [1.29, 1.82) is 0 Å². The lowest BCUT2D eigenvalue weighted by Gasteiger charge is -2.41. The highest BCUT2D eigenvalue weighted by Gasteiger charge is 2.46. The number of aromatic hydroxyl groups is 1. The van der Waals surface area contributed by atoms with E-state index in [2.05, 4.69) is 49.6 Å². The number of H-pyrrole nitrogens is 1. The molecule has 4 fully saturated rings. The molecule has 47 heavy (non-hydrogen) atoms. The van der Waals surface area contributed by atoms with Crippen LogP contribution in [0, 0.1) is 0 Å². The molecule has 240 valence electrons. The first kappa shape index (κ1) is 28.3. The van der Waals surface area contributed by atoms with Gasteiger partial charge in [0, 0.05) is 24.7 Å². The number of ether oxygens (including phenoxy) is 1. The summed E-state index contributed by atoms with van der Waals surface area (Å²) < 4.78 is 6.54. The van der Waals surface area contributed by atoms with Crippen LogP contribution in [0.1, 0.15) is 38.5 Å². The SMILES string of the molecule is O=C(Nc1cn[nH]c1)N1C2CCC1CN(c1nc(OCC34CCCN3CCC4)nc3cc(-c4cc(O)cc5ccccc45)ccc13)C2. The number of hydrogen-bond acceptors (Lipinski definition) is 8. The van der Waals surface area contributed by atoms with Crippen molar-refractivity contribution in [3.63, 3.8) is 0 Å². The molecular weight excluding hydrogens is 592 g/mol. The van der Waals surface area contributed by atoms with Crippen LogP contribution in [0.5, 0.6) is 11.8 Å². The molecule has 11 nitrogen and oxygen atoms in total. The van der Waals surface area contributed by atoms with Gasteiger partial charge in [0.05, 0.1) is 35.0 Å². The van der Waals surface area contributed by atoms with E-state index < -0.39 is 0 Å². The molecule has 2 bridgehead atoms. The van der Waals surface area contributed by atoms with Crippen LogP contribution >= 0.6 is 0 Å². The van der Waals surface area contributed by atoms with Gasteiger partial charge < -0.3 is 25.0 Å². The highest BCUT2D eigenvalue weighted by molar-refractivity contribution is 6.01. The molecule has 4 aliphatic heterocycles. The van der Waals surface area contributed by atoms with Crippen LogP contribution in [0.4, 0.5) is 16.3 Å². The van der Waals surface area contributed by atoms with E-state index in [1.165, 1.54) is 12.8 Å². The first-order valence-corrected chi connectivity index (χ1v) is 16.8. The van der Waals surface area contributed by atoms with Gasteiger partial charge in [-0.1, -0.05) is 30.3 Å². The lowest BCUT2D eigenvalue weighted by Crippen LogP contribution is -2.57. The van der Waals surface area contributed by atoms with Crippen molar-refractivity contribution in [2.24, 2.45) is 0 Å². The highest BCUT2D eigenvalue weighted by Crippen LogP contribution is 2.41. The van der Waals surface area contributed by atoms with Crippen molar-refractivity contribution in [2.75, 3.05) is 43.0 Å². The van der Waals surface area contributed by atoms with E-state index in [4.69, 9.17) is 14.7 Å². The molecule has 0 aliphatic carbocycles. The van der Waals surface area contributed by atoms with E-state index in [-0.39, 0.29) is 29.4 Å². The number of carbonyl (C=O) groups excluding carboxylic acids is 1. The first-order chi connectivity index (χ1) is 23.0. The first-order valence-electron chi connectivity index (χ1n) is 16.8. The van der Waals surface area contributed by atoms with Crippen LogP contribution in [0.3, 0.4) is 0 Å². The highest BCUT2D eigenvalue weighted by atomic mass is 16.5. The van der Waals surface area contributed by atoms with Gasteiger partial charge in [-0.15, -0.1) is 0 Å². The number of carbonyl (C=O) groups is 1. The second-order valence-corrected chi connectivity index (χ2v) is 13.6. The van der Waals surface area contributed by atoms with E-state index in [1.807, 2.05) is 29.2 Å². The van der Waals surface area contributed by atoms with E-state index in [9.17, 15) is 9.90 Å². The van der Waals surface area contributed by atoms with Gasteiger partial charge in [-0.2, -0.15) is 15.1 Å². The number of nitrogens with one attached hydrogen (secondary N) is 2. The zero-order valence-electron chi connectivity index (χ0n) is 26.2. The van der Waals surface area contributed by atoms with Crippen molar-refractivity contribution < 1.29 is 14.6 Å². The lowest BCUT2D eigenvalue weighted by atomic mass is 9.95. The summed E-state index contributed by atoms with van der Waals surface area (Å²) in [7, 11) is 0. The van der Waals surface area contributed by atoms with Gasteiger partial charge in [-0.3, -0.25) is 10.00 Å². The van der Waals surface area contributed by atoms with Crippen molar-refractivity contribution >= 4 is 39.2 Å². The molecule has 0 radical (unpaired) electrons. The third-order valence-electron chi connectivity index (χ3n) is 10.9. The van der Waals surface area contributed by atoms with E-state index in [0.29, 0.717) is 31.4 Å². The number of hydrogen-bond donors (Lipinski definition) is 3. The monoisotopic (exact) mass is 630 g/mol. The molecule has 2 amide bonds. The normalized spacial score (nSPS) is 21.9. The minimum atomic E-state index is -0.0879. The van der Waals surface area contributed by atoms with Crippen molar-refractivity contribution in [3.8, 4) is 22.9 Å². The third kappa shape index (κ3) is 4.91. The van der Waals surface area contributed by atoms with Gasteiger partial charge in [-0.05, 0) is 97.8 Å². The Morgan fingerprint density at radius 3 is 2.60 bits per heavy atom. The van der Waals surface area contributed by atoms with Crippen LogP contribution in [0.15, 0.2) is 67.0 Å². The molecule has 3 N–H and O–H groups in total. The molecule has 6 heterocycles. The quantitative estimate of drug-likeness (QED) is 0.216. The van der Waals surface area contributed by atoms with Crippen molar-refractivity contribution in [1.82, 2.24) is 30.0 Å². The Morgan fingerprint density at radius 2 is 1.81 bits per heavy atom. The molecule has 4 saturated heterocycles. The smallest absolute Gasteiger partial charge is 0.322 e. The fourth-order valence-electron chi connectivity index (χ4n) is 8.67. The summed E-state index contributed by atoms with van der Waals surface area (Å²) in [4.78, 5) is 30.3. The van der Waals surface area contributed by atoms with Crippen LogP contribution in [-0.4, -0.2) is 91.5 Å². The Morgan fingerprint density at radius 1 is 1.00 bits per heavy atom. The predicted octanol–water partition coefficient (Wildman–Crippen LogP) is 5.77. The number of benzene rings is 3. The summed E-state index contributed by atoms with van der Waals surface area (Å²) in [5.41, 5.74) is 3.46. The number of aromatic nitrogens is 4. The van der Waals surface area contributed by atoms with Crippen LogP contribution in [0.25, 0.3) is 32.8 Å². The Labute approximate surface area is 272 Å². The molecular formula is C36H38N8O3. The maximum atomic E-state index is 13.3. The number of fused-ring (bicyclic) bond motifs is 5. The van der Waals surface area contributed by atoms with E-state index in [1.54, 1.807) is 18.5 Å². The predicted molar refractivity (Wildman–Crippen MR) is 181 cm³/mol. The number of nitrogens with zero attached hydrogens (tertiary/aromatic N) is 6. The molecule has 2 aromatic heterocycles. The minimum Gasteiger partial charge on any atom is -0.508 e. The van der Waals surface area contributed by atoms with Gasteiger partial charge in [-0.25, -0.2) is 4.79 Å². The van der Waals surface area contributed by atoms with Crippen LogP contribution in [0.2, 0.25) is 0 Å². The number of amides is 2. The number of aromatic amines is 1. The second-order valence-electron chi connectivity index (χ2n) is 13.6. The molecule has 3 aromatic carbocycles. The summed E-state index contributed by atoms with van der Waals surface area (Å²) in [6, 6.07) is 18.4. The fourth-order valence-corrected chi connectivity index (χ4v) is 8.67. The van der Waals surface area contributed by atoms with E-state index >= 15 is 0 Å². The third-order valence-corrected chi connectivity index (χ3v) is 10.9. The van der Waals surface area contributed by atoms with Gasteiger partial charge in [0.25, 0.3) is 0 Å². The summed E-state index contributed by atoms with van der Waals surface area (Å²) in [6.07, 6.45) is 9.90. The molecule has 0 saturated carbocycles. The van der Waals surface area contributed by atoms with E-state index in [0.717, 1.165) is 77.4 Å². The van der Waals surface area contributed by atoms with Gasteiger partial charge in [0.1, 0.15) is 18.2 Å². The van der Waals surface area contributed by atoms with Gasteiger partial charge >= 0.3 is 12.0 Å². The number of piperazine rings is 1. The Bertz CT molecular complexity index is 1960. The summed E-state index contributed by atoms with van der Waals surface area (Å²) in [5.74, 6) is 1.07. The number of phenols is 1. The Balaban J connectivity index is 1.08. The summed E-state index contributed by atoms with van der Waals surface area (Å²) in [6.45, 7) is 4.21. The minimum absolute atomic E-state index is 0.0670. The zero-order valence-corrected chi connectivity index (χ0v) is 26.2. The zero-order chi connectivity index (χ0) is 31.5. The summed E-state index contributed by atoms with van der Waals surface area (Å²) in [5, 5.41) is 23.3. The molecule has 0 spiro atoms. The molecule has 2 atom stereocenters. The van der Waals surface area contributed by atoms with Crippen molar-refractivity contribution in [2.45, 2.75) is 56.1 Å². The molecule has 11 heteroatoms. The maximum absolute atomic E-state index is 13.3. The number of rotatable bonds is 6. The van der Waals surface area contributed by atoms with Crippen LogP contribution in [-0.2, 0) is 0 Å². The molecule has 5 aromatic rings. The number of anilines is 2. The number of phenolic OH excluding ortho intramolecular Hbond substituents is 1. The molecule has 9 rings (SSSR count). The standard InChI is InChI=1S/C36H38N8O3/c45-28-15-23-5-1-2-6-29(23)31(17-28)24-7-10-30-32(16-24)40-34(47-22-36-11-3-13-43(36)14-4-12-36)41-33(30)42-20-26-8-9-27(21-42)44(26)35(46)39-25-18-37-38-19-25/h1-2,5-7,10,15-19,26-27,45H,3-4,8-9,11-14,20-22H2,(H,37,38)(H,39,46). The fraction of sp³-hybridized carbons (Fsp3) is 0.389. The largest absolute Gasteiger partial charge is 0.508 e. The molecule has 2 unspecified atom stereocenters. The Hall–Kier alpha value is -4.90. The number of urea groups is 1. The lowest BCUT2D eigenvalue weighted by molar-refractivity contribution is 0.108. The van der Waals surface area contributed by atoms with Crippen molar-refractivity contribution in [3.05, 3.63) is 67.0 Å². The summed E-state index contributed by atoms with van der Waals surface area (Å²) >= 11 is 0. The average Bonchev–Trinajstić information content (AvgIpc) is 3.87. The average molecular weight is 631 g/mol. The topological polar surface area (TPSA) is 123 Å². The van der Waals surface area contributed by atoms with Gasteiger partial charge in [0.2, 0.25) is 0 Å². The second kappa shape index (κ2) is 11.1. The Kier molecular flexibility index (Phi) is 6.70.